The van der Waals surface area contributed by atoms with Gasteiger partial charge >= 0.3 is 0 Å². The van der Waals surface area contributed by atoms with Gasteiger partial charge in [-0.1, -0.05) is 17.7 Å². The van der Waals surface area contributed by atoms with Crippen LogP contribution in [0.25, 0.3) is 0 Å². The summed E-state index contributed by atoms with van der Waals surface area (Å²) < 4.78 is 0. The molecule has 0 radical (unpaired) electrons. The van der Waals surface area contributed by atoms with E-state index < -0.39 is 0 Å². The average Bonchev–Trinajstić information content (AvgIpc) is 2.44. The first kappa shape index (κ1) is 16.3. The van der Waals surface area contributed by atoms with Gasteiger partial charge in [-0.25, -0.2) is 0 Å². The number of piperidine rings is 1. The molecule has 0 bridgehead atoms. The van der Waals surface area contributed by atoms with Crippen LogP contribution in [-0.2, 0) is 4.79 Å². The molecule has 1 aliphatic heterocycles. The molecule has 1 aliphatic rings. The predicted molar refractivity (Wildman–Crippen MR) is 87.6 cm³/mol. The zero-order valence-corrected chi connectivity index (χ0v) is 13.5. The Balaban J connectivity index is 1.84. The monoisotopic (exact) mass is 309 g/mol. The number of benzene rings is 1. The predicted octanol–water partition coefficient (Wildman–Crippen LogP) is 2.65. The van der Waals surface area contributed by atoms with E-state index in [0.717, 1.165) is 37.2 Å². The van der Waals surface area contributed by atoms with Gasteiger partial charge in [-0.3, -0.25) is 9.69 Å². The normalized spacial score (nSPS) is 18.5. The molecule has 0 saturated carbocycles. The standard InChI is InChI=1S/C16H24ClN3O/c1-11-14(17)4-3-5-15(11)19-16(21)10-20-8-6-13(7-9-20)12(2)18/h3-5,12-13H,6-10,18H2,1-2H3,(H,19,21). The fourth-order valence-corrected chi connectivity index (χ4v) is 2.95. The Kier molecular flexibility index (Phi) is 5.62. The maximum absolute atomic E-state index is 12.1. The number of nitrogens with one attached hydrogen (secondary N) is 1. The van der Waals surface area contributed by atoms with Crippen LogP contribution in [-0.4, -0.2) is 36.5 Å². The number of likely N-dealkylation sites (tertiary alicyclic amines) is 1. The quantitative estimate of drug-likeness (QED) is 0.899. The van der Waals surface area contributed by atoms with Crippen LogP contribution < -0.4 is 11.1 Å². The summed E-state index contributed by atoms with van der Waals surface area (Å²) in [7, 11) is 0. The van der Waals surface area contributed by atoms with Crippen molar-refractivity contribution in [2.45, 2.75) is 32.7 Å². The number of hydrogen-bond acceptors (Lipinski definition) is 3. The summed E-state index contributed by atoms with van der Waals surface area (Å²) in [6.45, 7) is 6.28. The minimum absolute atomic E-state index is 0.0135. The summed E-state index contributed by atoms with van der Waals surface area (Å²) in [4.78, 5) is 14.3. The van der Waals surface area contributed by atoms with Crippen LogP contribution >= 0.6 is 11.6 Å². The van der Waals surface area contributed by atoms with Gasteiger partial charge in [-0.15, -0.1) is 0 Å². The number of anilines is 1. The minimum Gasteiger partial charge on any atom is -0.328 e. The fraction of sp³-hybridized carbons (Fsp3) is 0.562. The van der Waals surface area contributed by atoms with Crippen molar-refractivity contribution in [1.82, 2.24) is 4.90 Å². The van der Waals surface area contributed by atoms with Gasteiger partial charge in [0, 0.05) is 16.8 Å². The van der Waals surface area contributed by atoms with E-state index >= 15 is 0 Å². The minimum atomic E-state index is 0.0135. The molecule has 1 aromatic carbocycles. The molecule has 1 unspecified atom stereocenters. The lowest BCUT2D eigenvalue weighted by molar-refractivity contribution is -0.117. The molecule has 1 amide bonds. The zero-order chi connectivity index (χ0) is 15.4. The van der Waals surface area contributed by atoms with Gasteiger partial charge in [-0.05, 0) is 63.4 Å². The second kappa shape index (κ2) is 7.25. The first-order valence-electron chi connectivity index (χ1n) is 7.50. The maximum Gasteiger partial charge on any atom is 0.238 e. The van der Waals surface area contributed by atoms with E-state index in [1.807, 2.05) is 25.1 Å². The number of amides is 1. The van der Waals surface area contributed by atoms with Crippen LogP contribution in [0.3, 0.4) is 0 Å². The molecule has 4 nitrogen and oxygen atoms in total. The van der Waals surface area contributed by atoms with Gasteiger partial charge in [0.05, 0.1) is 6.54 Å². The van der Waals surface area contributed by atoms with Crippen LogP contribution in [0.2, 0.25) is 5.02 Å². The third-order valence-corrected chi connectivity index (χ3v) is 4.69. The summed E-state index contributed by atoms with van der Waals surface area (Å²) >= 11 is 6.06. The van der Waals surface area contributed by atoms with Crippen molar-refractivity contribution in [2.24, 2.45) is 11.7 Å². The number of hydrogen-bond donors (Lipinski definition) is 2. The molecule has 5 heteroatoms. The summed E-state index contributed by atoms with van der Waals surface area (Å²) in [5.41, 5.74) is 7.63. The summed E-state index contributed by atoms with van der Waals surface area (Å²) in [6, 6.07) is 5.79. The molecule has 116 valence electrons. The topological polar surface area (TPSA) is 58.4 Å². The summed E-state index contributed by atoms with van der Waals surface area (Å²) in [5, 5.41) is 3.61. The van der Waals surface area contributed by atoms with Gasteiger partial charge in [-0.2, -0.15) is 0 Å². The second-order valence-corrected chi connectivity index (χ2v) is 6.34. The lowest BCUT2D eigenvalue weighted by Gasteiger charge is -2.33. The maximum atomic E-state index is 12.1. The molecule has 21 heavy (non-hydrogen) atoms. The van der Waals surface area contributed by atoms with E-state index in [4.69, 9.17) is 17.3 Å². The molecular weight excluding hydrogens is 286 g/mol. The highest BCUT2D eigenvalue weighted by molar-refractivity contribution is 6.31. The van der Waals surface area contributed by atoms with Crippen molar-refractivity contribution in [3.8, 4) is 0 Å². The molecule has 1 heterocycles. The molecule has 1 fully saturated rings. The number of halogens is 1. The van der Waals surface area contributed by atoms with E-state index in [1.54, 1.807) is 0 Å². The summed E-state index contributed by atoms with van der Waals surface area (Å²) in [6.07, 6.45) is 2.14. The van der Waals surface area contributed by atoms with Crippen molar-refractivity contribution in [3.05, 3.63) is 28.8 Å². The van der Waals surface area contributed by atoms with Gasteiger partial charge in [0.25, 0.3) is 0 Å². The van der Waals surface area contributed by atoms with Crippen molar-refractivity contribution < 1.29 is 4.79 Å². The van der Waals surface area contributed by atoms with Crippen molar-refractivity contribution in [2.75, 3.05) is 25.0 Å². The van der Waals surface area contributed by atoms with E-state index in [0.29, 0.717) is 17.5 Å². The van der Waals surface area contributed by atoms with E-state index in [1.165, 1.54) is 0 Å². The van der Waals surface area contributed by atoms with Crippen LogP contribution in [0, 0.1) is 12.8 Å². The largest absolute Gasteiger partial charge is 0.328 e. The molecule has 0 aromatic heterocycles. The zero-order valence-electron chi connectivity index (χ0n) is 12.7. The van der Waals surface area contributed by atoms with Crippen molar-refractivity contribution >= 4 is 23.2 Å². The van der Waals surface area contributed by atoms with Crippen LogP contribution in [0.1, 0.15) is 25.3 Å². The SMILES string of the molecule is Cc1c(Cl)cccc1NC(=O)CN1CCC(C(C)N)CC1. The molecule has 0 spiro atoms. The number of nitrogens with zero attached hydrogens (tertiary/aromatic N) is 1. The molecule has 1 aromatic rings. The molecule has 1 saturated heterocycles. The highest BCUT2D eigenvalue weighted by atomic mass is 35.5. The number of carbonyl (C=O) groups is 1. The van der Waals surface area contributed by atoms with Crippen LogP contribution in [0.15, 0.2) is 18.2 Å². The van der Waals surface area contributed by atoms with E-state index in [2.05, 4.69) is 17.1 Å². The molecule has 1 atom stereocenters. The van der Waals surface area contributed by atoms with Crippen LogP contribution in [0.5, 0.6) is 0 Å². The number of rotatable bonds is 4. The first-order valence-corrected chi connectivity index (χ1v) is 7.88. The van der Waals surface area contributed by atoms with Gasteiger partial charge < -0.3 is 11.1 Å². The van der Waals surface area contributed by atoms with Crippen molar-refractivity contribution in [1.29, 1.82) is 0 Å². The molecule has 2 rings (SSSR count). The molecule has 0 aliphatic carbocycles. The fourth-order valence-electron chi connectivity index (χ4n) is 2.77. The summed E-state index contributed by atoms with van der Waals surface area (Å²) in [5.74, 6) is 0.596. The molecular formula is C16H24ClN3O. The average molecular weight is 310 g/mol. The highest BCUT2D eigenvalue weighted by Gasteiger charge is 2.23. The Bertz CT molecular complexity index is 496. The number of carbonyl (C=O) groups excluding carboxylic acids is 1. The third kappa shape index (κ3) is 4.43. The Hall–Kier alpha value is -1.10. The van der Waals surface area contributed by atoms with E-state index in [9.17, 15) is 4.79 Å². The van der Waals surface area contributed by atoms with Gasteiger partial charge in [0.15, 0.2) is 0 Å². The molecule has 3 N–H and O–H groups in total. The lowest BCUT2D eigenvalue weighted by atomic mass is 9.91. The second-order valence-electron chi connectivity index (χ2n) is 5.93. The van der Waals surface area contributed by atoms with Crippen molar-refractivity contribution in [3.63, 3.8) is 0 Å². The lowest BCUT2D eigenvalue weighted by Crippen LogP contribution is -2.42. The number of nitrogens with two attached hydrogens (primary N) is 1. The van der Waals surface area contributed by atoms with Crippen LogP contribution in [0.4, 0.5) is 5.69 Å². The Labute approximate surface area is 131 Å². The Morgan fingerprint density at radius 2 is 2.14 bits per heavy atom. The first-order chi connectivity index (χ1) is 9.97. The third-order valence-electron chi connectivity index (χ3n) is 4.28. The Morgan fingerprint density at radius 1 is 1.48 bits per heavy atom. The Morgan fingerprint density at radius 3 is 2.76 bits per heavy atom. The highest BCUT2D eigenvalue weighted by Crippen LogP contribution is 2.23. The van der Waals surface area contributed by atoms with Gasteiger partial charge in [0.1, 0.15) is 0 Å². The van der Waals surface area contributed by atoms with Gasteiger partial charge in [0.2, 0.25) is 5.91 Å². The smallest absolute Gasteiger partial charge is 0.238 e. The van der Waals surface area contributed by atoms with E-state index in [-0.39, 0.29) is 11.9 Å².